The number of aryl methyl sites for hydroxylation is 2. The molecule has 1 aromatic carbocycles. The zero-order valence-corrected chi connectivity index (χ0v) is 14.0. The zero-order valence-electron chi connectivity index (χ0n) is 14.0. The molecule has 0 saturated carbocycles. The van der Waals surface area contributed by atoms with E-state index in [0.717, 1.165) is 50.3 Å². The molecule has 1 aromatic heterocycles. The first kappa shape index (κ1) is 15.7. The molecule has 0 unspecified atom stereocenters. The van der Waals surface area contributed by atoms with Crippen LogP contribution in [0.1, 0.15) is 48.9 Å². The number of aromatic nitrogens is 3. The van der Waals surface area contributed by atoms with Gasteiger partial charge in [0, 0.05) is 25.7 Å². The van der Waals surface area contributed by atoms with Crippen LogP contribution in [0.25, 0.3) is 0 Å². The van der Waals surface area contributed by atoms with Crippen molar-refractivity contribution in [1.82, 2.24) is 19.7 Å². The van der Waals surface area contributed by atoms with Gasteiger partial charge in [-0.2, -0.15) is 0 Å². The topological polar surface area (TPSA) is 43.2 Å². The van der Waals surface area contributed by atoms with Crippen molar-refractivity contribution in [2.24, 2.45) is 0 Å². The maximum absolute atomic E-state index is 13.8. The number of rotatable bonds is 3. The largest absolute Gasteiger partial charge is 0.368 e. The Morgan fingerprint density at radius 2 is 2.29 bits per heavy atom. The maximum Gasteiger partial charge on any atom is 0.163 e. The van der Waals surface area contributed by atoms with E-state index in [1.807, 2.05) is 10.6 Å². The van der Waals surface area contributed by atoms with Crippen LogP contribution in [0.2, 0.25) is 0 Å². The molecule has 6 heteroatoms. The van der Waals surface area contributed by atoms with Gasteiger partial charge in [-0.1, -0.05) is 6.07 Å². The minimum Gasteiger partial charge on any atom is -0.368 e. The van der Waals surface area contributed by atoms with Crippen LogP contribution in [-0.2, 0) is 17.7 Å². The van der Waals surface area contributed by atoms with Crippen molar-refractivity contribution in [1.29, 1.82) is 0 Å². The van der Waals surface area contributed by atoms with Gasteiger partial charge in [-0.15, -0.1) is 10.2 Å². The Morgan fingerprint density at radius 1 is 1.38 bits per heavy atom. The van der Waals surface area contributed by atoms with Gasteiger partial charge < -0.3 is 9.30 Å². The number of morpholine rings is 1. The summed E-state index contributed by atoms with van der Waals surface area (Å²) in [6.07, 6.45) is 4.95. The van der Waals surface area contributed by atoms with Crippen molar-refractivity contribution >= 4 is 0 Å². The Morgan fingerprint density at radius 3 is 3.17 bits per heavy atom. The van der Waals surface area contributed by atoms with E-state index in [-0.39, 0.29) is 18.0 Å². The van der Waals surface area contributed by atoms with E-state index in [0.29, 0.717) is 6.61 Å². The van der Waals surface area contributed by atoms with E-state index < -0.39 is 0 Å². The molecule has 1 saturated heterocycles. The lowest BCUT2D eigenvalue weighted by Crippen LogP contribution is -2.42. The quantitative estimate of drug-likeness (QED) is 0.868. The van der Waals surface area contributed by atoms with Crippen LogP contribution in [-0.4, -0.2) is 39.4 Å². The number of ether oxygens (including phenoxy) is 1. The van der Waals surface area contributed by atoms with E-state index in [4.69, 9.17) is 4.74 Å². The van der Waals surface area contributed by atoms with Gasteiger partial charge in [-0.3, -0.25) is 4.90 Å². The predicted octanol–water partition coefficient (Wildman–Crippen LogP) is 2.89. The average molecular weight is 330 g/mol. The molecule has 0 bridgehead atoms. The highest BCUT2D eigenvalue weighted by molar-refractivity contribution is 5.33. The molecule has 0 radical (unpaired) electrons. The van der Waals surface area contributed by atoms with Crippen LogP contribution in [0.4, 0.5) is 4.39 Å². The van der Waals surface area contributed by atoms with Crippen LogP contribution in [0.15, 0.2) is 24.5 Å². The number of nitrogens with zero attached hydrogens (tertiary/aromatic N) is 4. The second-order valence-corrected chi connectivity index (χ2v) is 6.58. The third-order valence-electron chi connectivity index (χ3n) is 5.20. The highest BCUT2D eigenvalue weighted by Crippen LogP contribution is 2.37. The number of hydrogen-bond acceptors (Lipinski definition) is 4. The van der Waals surface area contributed by atoms with E-state index in [1.54, 1.807) is 18.5 Å². The van der Waals surface area contributed by atoms with Crippen LogP contribution >= 0.6 is 0 Å². The van der Waals surface area contributed by atoms with Crippen molar-refractivity contribution < 1.29 is 9.13 Å². The Labute approximate surface area is 141 Å². The minimum absolute atomic E-state index is 0.0693. The predicted molar refractivity (Wildman–Crippen MR) is 88.0 cm³/mol. The number of halogens is 1. The second-order valence-electron chi connectivity index (χ2n) is 6.58. The lowest BCUT2D eigenvalue weighted by Gasteiger charge is -2.40. The highest BCUT2D eigenvalue weighted by atomic mass is 19.1. The minimum atomic E-state index is -0.142. The SMILES string of the molecule is CCn1cnnc1[C@H]1CN([C@H]2CCCc3ccc(F)cc32)CCO1. The van der Waals surface area contributed by atoms with E-state index in [2.05, 4.69) is 22.0 Å². The normalized spacial score (nSPS) is 24.8. The summed E-state index contributed by atoms with van der Waals surface area (Å²) in [7, 11) is 0. The standard InChI is InChI=1S/C18H23FN4O/c1-2-22-12-20-21-18(22)17-11-23(8-9-24-17)16-5-3-4-13-6-7-14(19)10-15(13)16/h6-7,10,12,16-17H,2-5,8-9,11H2,1H3/t16-,17+/m0/s1. The van der Waals surface area contributed by atoms with Gasteiger partial charge in [-0.25, -0.2) is 4.39 Å². The molecule has 0 spiro atoms. The molecule has 5 nitrogen and oxygen atoms in total. The molecule has 128 valence electrons. The highest BCUT2D eigenvalue weighted by Gasteiger charge is 2.32. The molecular weight excluding hydrogens is 307 g/mol. The summed E-state index contributed by atoms with van der Waals surface area (Å²) >= 11 is 0. The van der Waals surface area contributed by atoms with Crippen molar-refractivity contribution in [2.45, 2.75) is 44.9 Å². The molecule has 0 amide bonds. The van der Waals surface area contributed by atoms with E-state index >= 15 is 0 Å². The lowest BCUT2D eigenvalue weighted by atomic mass is 9.86. The molecular formula is C18H23FN4O. The molecule has 1 aliphatic carbocycles. The molecule has 2 heterocycles. The summed E-state index contributed by atoms with van der Waals surface area (Å²) in [6, 6.07) is 5.52. The zero-order chi connectivity index (χ0) is 16.5. The molecule has 2 aromatic rings. The maximum atomic E-state index is 13.8. The lowest BCUT2D eigenvalue weighted by molar-refractivity contribution is -0.0533. The third-order valence-corrected chi connectivity index (χ3v) is 5.20. The van der Waals surface area contributed by atoms with Gasteiger partial charge in [0.05, 0.1) is 6.61 Å². The number of benzene rings is 1. The van der Waals surface area contributed by atoms with Gasteiger partial charge in [-0.05, 0) is 49.4 Å². The van der Waals surface area contributed by atoms with Gasteiger partial charge >= 0.3 is 0 Å². The van der Waals surface area contributed by atoms with Crippen LogP contribution in [0.3, 0.4) is 0 Å². The third kappa shape index (κ3) is 2.84. The van der Waals surface area contributed by atoms with Gasteiger partial charge in [0.1, 0.15) is 18.2 Å². The van der Waals surface area contributed by atoms with Crippen LogP contribution in [0, 0.1) is 5.82 Å². The van der Waals surface area contributed by atoms with Crippen molar-refractivity contribution in [3.63, 3.8) is 0 Å². The van der Waals surface area contributed by atoms with Crippen molar-refractivity contribution in [3.05, 3.63) is 47.3 Å². The molecule has 24 heavy (non-hydrogen) atoms. The summed E-state index contributed by atoms with van der Waals surface area (Å²) in [4.78, 5) is 2.43. The first-order valence-electron chi connectivity index (χ1n) is 8.78. The average Bonchev–Trinajstić information content (AvgIpc) is 3.10. The fourth-order valence-corrected chi connectivity index (χ4v) is 3.99. The Hall–Kier alpha value is -1.79. The summed E-state index contributed by atoms with van der Waals surface area (Å²) in [5.74, 6) is 0.744. The summed E-state index contributed by atoms with van der Waals surface area (Å²) < 4.78 is 21.8. The number of fused-ring (bicyclic) bond motifs is 1. The van der Waals surface area contributed by atoms with Crippen LogP contribution < -0.4 is 0 Å². The first-order valence-corrected chi connectivity index (χ1v) is 8.78. The summed E-state index contributed by atoms with van der Waals surface area (Å²) in [6.45, 7) is 5.23. The summed E-state index contributed by atoms with van der Waals surface area (Å²) in [5, 5.41) is 8.27. The fourth-order valence-electron chi connectivity index (χ4n) is 3.99. The van der Waals surface area contributed by atoms with Gasteiger partial charge in [0.25, 0.3) is 0 Å². The molecule has 1 aliphatic heterocycles. The first-order chi connectivity index (χ1) is 11.8. The van der Waals surface area contributed by atoms with Crippen molar-refractivity contribution in [3.8, 4) is 0 Å². The molecule has 2 aliphatic rings. The van der Waals surface area contributed by atoms with Crippen LogP contribution in [0.5, 0.6) is 0 Å². The van der Waals surface area contributed by atoms with Gasteiger partial charge in [0.2, 0.25) is 0 Å². The Balaban J connectivity index is 1.58. The Bertz CT molecular complexity index is 717. The monoisotopic (exact) mass is 330 g/mol. The molecule has 2 atom stereocenters. The smallest absolute Gasteiger partial charge is 0.163 e. The molecule has 4 rings (SSSR count). The Kier molecular flexibility index (Phi) is 4.33. The second kappa shape index (κ2) is 6.61. The van der Waals surface area contributed by atoms with E-state index in [1.165, 1.54) is 5.56 Å². The molecule has 1 fully saturated rings. The number of hydrogen-bond donors (Lipinski definition) is 0. The molecule has 0 N–H and O–H groups in total. The fraction of sp³-hybridized carbons (Fsp3) is 0.556. The van der Waals surface area contributed by atoms with Crippen molar-refractivity contribution in [2.75, 3.05) is 19.7 Å². The summed E-state index contributed by atoms with van der Waals surface area (Å²) in [5.41, 5.74) is 2.44. The van der Waals surface area contributed by atoms with E-state index in [9.17, 15) is 4.39 Å². The van der Waals surface area contributed by atoms with Gasteiger partial charge in [0.15, 0.2) is 5.82 Å².